The van der Waals surface area contributed by atoms with E-state index in [9.17, 15) is 9.90 Å². The minimum atomic E-state index is -0.728. The molecule has 1 aliphatic carbocycles. The van der Waals surface area contributed by atoms with Crippen molar-refractivity contribution < 1.29 is 14.6 Å². The summed E-state index contributed by atoms with van der Waals surface area (Å²) in [6.07, 6.45) is -0.827. The van der Waals surface area contributed by atoms with E-state index in [1.54, 1.807) is 40.0 Å². The Bertz CT molecular complexity index is 569. The molecule has 1 amide bonds. The minimum Gasteiger partial charge on any atom is -0.444 e. The van der Waals surface area contributed by atoms with E-state index in [1.165, 1.54) is 4.90 Å². The molecule has 0 aromatic heterocycles. The number of aliphatic hydroxyl groups excluding tert-OH is 1. The van der Waals surface area contributed by atoms with E-state index in [1.807, 2.05) is 0 Å². The lowest BCUT2D eigenvalue weighted by atomic mass is 10.1. The molecule has 116 valence electrons. The summed E-state index contributed by atoms with van der Waals surface area (Å²) in [5, 5.41) is 11.3. The maximum absolute atomic E-state index is 12.2. The van der Waals surface area contributed by atoms with Crippen molar-refractivity contribution in [3.8, 4) is 0 Å². The van der Waals surface area contributed by atoms with Crippen LogP contribution in [0.15, 0.2) is 12.1 Å². The number of halogens is 2. The Morgan fingerprint density at radius 3 is 2.57 bits per heavy atom. The predicted molar refractivity (Wildman–Crippen MR) is 82.9 cm³/mol. The maximum Gasteiger partial charge on any atom is 0.410 e. The Hall–Kier alpha value is -0.970. The fourth-order valence-electron chi connectivity index (χ4n) is 2.54. The first-order chi connectivity index (χ1) is 9.60. The molecule has 0 fully saturated rings. The molecule has 0 heterocycles. The number of aliphatic hydroxyl groups is 1. The first kappa shape index (κ1) is 16.4. The van der Waals surface area contributed by atoms with Gasteiger partial charge in [-0.2, -0.15) is 0 Å². The smallest absolute Gasteiger partial charge is 0.410 e. The molecule has 2 atom stereocenters. The van der Waals surface area contributed by atoms with E-state index in [-0.39, 0.29) is 0 Å². The van der Waals surface area contributed by atoms with Gasteiger partial charge in [0.25, 0.3) is 0 Å². The van der Waals surface area contributed by atoms with Crippen LogP contribution in [0.4, 0.5) is 4.79 Å². The third-order valence-corrected chi connectivity index (χ3v) is 3.95. The molecule has 2 unspecified atom stereocenters. The average molecular weight is 332 g/mol. The molecule has 4 nitrogen and oxygen atoms in total. The van der Waals surface area contributed by atoms with Crippen LogP contribution in [0.1, 0.15) is 37.9 Å². The highest BCUT2D eigenvalue weighted by molar-refractivity contribution is 6.35. The van der Waals surface area contributed by atoms with Crippen LogP contribution < -0.4 is 0 Å². The van der Waals surface area contributed by atoms with Crippen LogP contribution in [0.5, 0.6) is 0 Å². The third-order valence-electron chi connectivity index (χ3n) is 3.39. The van der Waals surface area contributed by atoms with Crippen molar-refractivity contribution in [2.75, 3.05) is 7.05 Å². The second-order valence-corrected chi connectivity index (χ2v) is 7.11. The summed E-state index contributed by atoms with van der Waals surface area (Å²) in [6.45, 7) is 5.39. The first-order valence-electron chi connectivity index (χ1n) is 6.72. The number of hydrogen-bond acceptors (Lipinski definition) is 3. The zero-order valence-corrected chi connectivity index (χ0v) is 14.0. The number of fused-ring (bicyclic) bond motifs is 1. The van der Waals surface area contributed by atoms with Crippen LogP contribution >= 0.6 is 23.2 Å². The molecule has 0 saturated carbocycles. The minimum absolute atomic E-state index is 0.392. The van der Waals surface area contributed by atoms with E-state index >= 15 is 0 Å². The molecule has 2 rings (SSSR count). The number of carbonyl (C=O) groups is 1. The monoisotopic (exact) mass is 331 g/mol. The van der Waals surface area contributed by atoms with Crippen LogP contribution in [-0.2, 0) is 11.2 Å². The van der Waals surface area contributed by atoms with Gasteiger partial charge in [-0.25, -0.2) is 4.79 Å². The molecule has 1 aromatic rings. The zero-order chi connectivity index (χ0) is 15.9. The van der Waals surface area contributed by atoms with Gasteiger partial charge in [0.05, 0.1) is 12.1 Å². The number of benzene rings is 1. The van der Waals surface area contributed by atoms with Gasteiger partial charge < -0.3 is 14.7 Å². The number of nitrogens with zero attached hydrogens (tertiary/aromatic N) is 1. The Kier molecular flexibility index (Phi) is 4.43. The van der Waals surface area contributed by atoms with Crippen LogP contribution in [0.25, 0.3) is 0 Å². The number of rotatable bonds is 1. The molecular weight excluding hydrogens is 313 g/mol. The Balaban J connectivity index is 2.32. The van der Waals surface area contributed by atoms with Gasteiger partial charge in [0, 0.05) is 23.5 Å². The molecule has 0 aliphatic heterocycles. The molecule has 0 radical (unpaired) electrons. The van der Waals surface area contributed by atoms with Gasteiger partial charge in [0.15, 0.2) is 0 Å². The highest BCUT2D eigenvalue weighted by atomic mass is 35.5. The van der Waals surface area contributed by atoms with Gasteiger partial charge in [-0.15, -0.1) is 0 Å². The second-order valence-electron chi connectivity index (χ2n) is 6.26. The average Bonchev–Trinajstić information content (AvgIpc) is 2.62. The molecule has 0 bridgehead atoms. The maximum atomic E-state index is 12.2. The van der Waals surface area contributed by atoms with E-state index in [2.05, 4.69) is 0 Å². The summed E-state index contributed by atoms with van der Waals surface area (Å²) in [4.78, 5) is 13.6. The molecule has 21 heavy (non-hydrogen) atoms. The van der Waals surface area contributed by atoms with E-state index in [4.69, 9.17) is 27.9 Å². The van der Waals surface area contributed by atoms with E-state index < -0.39 is 23.8 Å². The van der Waals surface area contributed by atoms with Gasteiger partial charge in [-0.05, 0) is 44.0 Å². The lowest BCUT2D eigenvalue weighted by Gasteiger charge is -2.30. The van der Waals surface area contributed by atoms with Gasteiger partial charge in [-0.3, -0.25) is 0 Å². The summed E-state index contributed by atoms with van der Waals surface area (Å²) in [5.74, 6) is 0. The highest BCUT2D eigenvalue weighted by Gasteiger charge is 2.38. The number of likely N-dealkylation sites (N-methyl/N-ethyl adjacent to an activating group) is 1. The van der Waals surface area contributed by atoms with Gasteiger partial charge in [0.1, 0.15) is 5.60 Å². The van der Waals surface area contributed by atoms with Crippen molar-refractivity contribution in [3.63, 3.8) is 0 Å². The predicted octanol–water partition coefficient (Wildman–Crippen LogP) is 3.82. The number of carbonyl (C=O) groups excluding carboxylic acids is 1. The Morgan fingerprint density at radius 2 is 2.00 bits per heavy atom. The molecule has 1 aliphatic rings. The first-order valence-corrected chi connectivity index (χ1v) is 7.47. The summed E-state index contributed by atoms with van der Waals surface area (Å²) in [7, 11) is 1.60. The van der Waals surface area contributed by atoms with Crippen molar-refractivity contribution in [2.24, 2.45) is 0 Å². The van der Waals surface area contributed by atoms with Gasteiger partial charge >= 0.3 is 6.09 Å². The Morgan fingerprint density at radius 1 is 1.38 bits per heavy atom. The number of hydrogen-bond donors (Lipinski definition) is 1. The lowest BCUT2D eigenvalue weighted by molar-refractivity contribution is 0.00532. The van der Waals surface area contributed by atoms with Crippen molar-refractivity contribution in [2.45, 2.75) is 44.9 Å². The fraction of sp³-hybridized carbons (Fsp3) is 0.533. The number of ether oxygens (including phenoxy) is 1. The zero-order valence-electron chi connectivity index (χ0n) is 12.5. The van der Waals surface area contributed by atoms with Crippen LogP contribution in [0, 0.1) is 0 Å². The molecule has 6 heteroatoms. The molecule has 0 saturated heterocycles. The summed E-state index contributed by atoms with van der Waals surface area (Å²) in [5.41, 5.74) is 1.01. The quantitative estimate of drug-likeness (QED) is 0.851. The molecule has 1 N–H and O–H groups in total. The molecule has 0 spiro atoms. The summed E-state index contributed by atoms with van der Waals surface area (Å²) >= 11 is 12.2. The van der Waals surface area contributed by atoms with Crippen LogP contribution in [0.2, 0.25) is 10.0 Å². The standard InChI is InChI=1S/C15H19Cl2NO3/c1-15(2,3)21-14(20)18(4)13-10-5-8(16)6-11(17)9(10)7-12(13)19/h5-6,12-13,19H,7H2,1-4H3. The topological polar surface area (TPSA) is 49.8 Å². The SMILES string of the molecule is CN(C(=O)OC(C)(C)C)C1c2cc(Cl)cc(Cl)c2CC1O. The Labute approximate surface area is 134 Å². The van der Waals surface area contributed by atoms with E-state index in [0.717, 1.165) is 11.1 Å². The summed E-state index contributed by atoms with van der Waals surface area (Å²) in [6, 6.07) is 2.88. The van der Waals surface area contributed by atoms with E-state index in [0.29, 0.717) is 16.5 Å². The lowest BCUT2D eigenvalue weighted by Crippen LogP contribution is -2.39. The molecular formula is C15H19Cl2NO3. The summed E-state index contributed by atoms with van der Waals surface area (Å²) < 4.78 is 5.35. The van der Waals surface area contributed by atoms with Crippen molar-refractivity contribution in [1.29, 1.82) is 0 Å². The van der Waals surface area contributed by atoms with Crippen LogP contribution in [0.3, 0.4) is 0 Å². The van der Waals surface area contributed by atoms with Crippen molar-refractivity contribution in [3.05, 3.63) is 33.3 Å². The third kappa shape index (κ3) is 3.44. The molecule has 1 aromatic carbocycles. The largest absolute Gasteiger partial charge is 0.444 e. The van der Waals surface area contributed by atoms with Crippen LogP contribution in [-0.4, -0.2) is 34.9 Å². The fourth-order valence-corrected chi connectivity index (χ4v) is 3.13. The normalized spacial score (nSPS) is 21.1. The van der Waals surface area contributed by atoms with Crippen molar-refractivity contribution in [1.82, 2.24) is 4.90 Å². The van der Waals surface area contributed by atoms with Gasteiger partial charge in [0.2, 0.25) is 0 Å². The number of amides is 1. The second kappa shape index (κ2) is 5.67. The van der Waals surface area contributed by atoms with Gasteiger partial charge in [-0.1, -0.05) is 23.2 Å². The highest BCUT2D eigenvalue weighted by Crippen LogP contribution is 2.41. The van der Waals surface area contributed by atoms with Crippen molar-refractivity contribution >= 4 is 29.3 Å².